The van der Waals surface area contributed by atoms with Gasteiger partial charge in [-0.1, -0.05) is 0 Å². The number of hydrogen-bond donors (Lipinski definition) is 0. The van der Waals surface area contributed by atoms with Crippen molar-refractivity contribution in [2.75, 3.05) is 0 Å². The molecule has 0 fully saturated rings. The van der Waals surface area contributed by atoms with Crippen LogP contribution in [0.3, 0.4) is 0 Å². The molecule has 0 radical (unpaired) electrons. The van der Waals surface area contributed by atoms with E-state index in [1.165, 1.54) is 0 Å². The normalized spacial score (nSPS) is 14.8. The molecule has 36 heteroatoms. The van der Waals surface area contributed by atoms with Crippen molar-refractivity contribution < 1.29 is 158 Å². The first-order valence-corrected chi connectivity index (χ1v) is 11.1. The molecule has 0 saturated carbocycles. The number of hydrogen-bond acceptors (Lipinski definition) is 0. The van der Waals surface area contributed by atoms with Crippen LogP contribution in [0.15, 0.2) is 47.9 Å². The van der Waals surface area contributed by atoms with Crippen LogP contribution >= 0.6 is 0 Å². The van der Waals surface area contributed by atoms with Crippen molar-refractivity contribution >= 4 is 0 Å². The topological polar surface area (TPSA) is 0 Å². The summed E-state index contributed by atoms with van der Waals surface area (Å²) in [7, 11) is 0. The molecule has 336 valence electrons. The lowest BCUT2D eigenvalue weighted by molar-refractivity contribution is -0.347. The average molecular weight is 928 g/mol. The zero-order valence-electron chi connectivity index (χ0n) is 23.9. The van der Waals surface area contributed by atoms with Crippen LogP contribution in [0.4, 0.5) is 158 Å². The Labute approximate surface area is 280 Å². The maximum absolute atomic E-state index is 12.0. The minimum absolute atomic E-state index is 1.65. The third-order valence-electron chi connectivity index (χ3n) is 4.38. The fourth-order valence-electron chi connectivity index (χ4n) is 1.59. The summed E-state index contributed by atoms with van der Waals surface area (Å²) in [4.78, 5) is 0. The Hall–Kier alpha value is -3.56. The van der Waals surface area contributed by atoms with E-state index in [2.05, 4.69) is 0 Å². The Morgan fingerprint density at radius 1 is 0.411 bits per heavy atom. The summed E-state index contributed by atoms with van der Waals surface area (Å²) in [5.41, 5.74) is 0. The Morgan fingerprint density at radius 2 is 0.750 bits per heavy atom. The van der Waals surface area contributed by atoms with Crippen LogP contribution in [0, 0.1) is 0 Å². The van der Waals surface area contributed by atoms with Crippen molar-refractivity contribution in [2.45, 2.75) is 72.8 Å². The fourth-order valence-corrected chi connectivity index (χ4v) is 1.59. The Balaban J connectivity index is -0.000000322. The molecule has 0 N–H and O–H groups in total. The molecule has 0 aromatic rings. The van der Waals surface area contributed by atoms with E-state index in [-0.39, 0.29) is 0 Å². The van der Waals surface area contributed by atoms with E-state index >= 15 is 0 Å². The third-order valence-corrected chi connectivity index (χ3v) is 4.38. The van der Waals surface area contributed by atoms with Gasteiger partial charge in [0.05, 0.1) is 6.08 Å². The van der Waals surface area contributed by atoms with Crippen LogP contribution in [-0.2, 0) is 0 Å². The van der Waals surface area contributed by atoms with Gasteiger partial charge in [0.2, 0.25) is 23.3 Å². The van der Waals surface area contributed by atoms with Crippen molar-refractivity contribution in [1.82, 2.24) is 0 Å². The van der Waals surface area contributed by atoms with E-state index in [1.54, 1.807) is 0 Å². The lowest BCUT2D eigenvalue weighted by Gasteiger charge is -2.26. The highest BCUT2D eigenvalue weighted by molar-refractivity contribution is 5.14. The molecule has 0 aromatic carbocycles. The maximum Gasteiger partial charge on any atom is 0.460 e. The summed E-state index contributed by atoms with van der Waals surface area (Å²) in [6.07, 6.45) is -39.5. The van der Waals surface area contributed by atoms with Gasteiger partial charge in [-0.2, -0.15) is 123 Å². The predicted molar refractivity (Wildman–Crippen MR) is 105 cm³/mol. The molecule has 0 aromatic heterocycles. The number of rotatable bonds is 9. The molecule has 0 rings (SSSR count). The van der Waals surface area contributed by atoms with E-state index in [4.69, 9.17) is 0 Å². The fraction of sp³-hybridized carbons (Fsp3) is 0.600. The second kappa shape index (κ2) is 19.3. The first-order chi connectivity index (χ1) is 24.0. The van der Waals surface area contributed by atoms with Crippen LogP contribution in [0.25, 0.3) is 0 Å². The van der Waals surface area contributed by atoms with Crippen molar-refractivity contribution in [3.8, 4) is 0 Å². The van der Waals surface area contributed by atoms with Crippen molar-refractivity contribution in [3.05, 3.63) is 47.9 Å². The number of allylic oxidation sites excluding steroid dienone is 5. The number of halogens is 36. The van der Waals surface area contributed by atoms with Gasteiger partial charge in [-0.3, -0.25) is 0 Å². The summed E-state index contributed by atoms with van der Waals surface area (Å²) in [5, 5.41) is 0. The van der Waals surface area contributed by atoms with E-state index in [9.17, 15) is 158 Å². The third kappa shape index (κ3) is 14.1. The first kappa shape index (κ1) is 59.1. The molecule has 0 spiro atoms. The molecule has 0 saturated heterocycles. The second-order valence-electron chi connectivity index (χ2n) is 8.34. The van der Waals surface area contributed by atoms with Gasteiger partial charge in [0.25, 0.3) is 12.5 Å². The van der Waals surface area contributed by atoms with E-state index < -0.39 is 121 Å². The molecule has 0 unspecified atom stereocenters. The standard InChI is InChI=1S/4C5HF9/c6-1(2(7)8)4(11,12)5(13,14)3(9)10;6-1-2(7)3(8,9)4(10,11)5(12,13)14;6-2(7)1-3(8,9)4(10,11)5(12,13)14;6-1(3(8)9)2(7)4(10,11)5(12,13)14/h3H;2*1H;3H. The monoisotopic (exact) mass is 928 g/mol. The maximum atomic E-state index is 12.0. The molecule has 0 aliphatic rings. The zero-order valence-corrected chi connectivity index (χ0v) is 23.9. The van der Waals surface area contributed by atoms with Crippen molar-refractivity contribution in [1.29, 1.82) is 0 Å². The van der Waals surface area contributed by atoms with Gasteiger partial charge in [-0.25, -0.2) is 35.1 Å². The van der Waals surface area contributed by atoms with Crippen LogP contribution in [0.1, 0.15) is 0 Å². The summed E-state index contributed by atoms with van der Waals surface area (Å²) < 4.78 is 415. The minimum Gasteiger partial charge on any atom is -0.212 e. The van der Waals surface area contributed by atoms with Gasteiger partial charge in [-0.05, 0) is 0 Å². The quantitative estimate of drug-likeness (QED) is 0.202. The zero-order chi connectivity index (χ0) is 47.0. The molecular weight excluding hydrogens is 924 g/mol. The molecule has 0 nitrogen and oxygen atoms in total. The molecule has 0 heterocycles. The largest absolute Gasteiger partial charge is 0.460 e. The van der Waals surface area contributed by atoms with Crippen molar-refractivity contribution in [3.63, 3.8) is 0 Å². The molecule has 0 amide bonds. The van der Waals surface area contributed by atoms with Crippen LogP contribution < -0.4 is 0 Å². The summed E-state index contributed by atoms with van der Waals surface area (Å²) in [6, 6.07) is 0. The first-order valence-electron chi connectivity index (χ1n) is 11.1. The molecule has 0 atom stereocenters. The van der Waals surface area contributed by atoms with E-state index in [0.717, 1.165) is 0 Å². The average Bonchev–Trinajstić information content (AvgIpc) is 2.97. The predicted octanol–water partition coefficient (Wildman–Crippen LogP) is 14.4. The lowest BCUT2D eigenvalue weighted by Crippen LogP contribution is -2.52. The molecule has 0 bridgehead atoms. The Bertz CT molecular complexity index is 1350. The SMILES string of the molecule is FC(=C(F)C(F)(F)C(F)(F)F)C(F)F.FC(F)=C(F)C(F)(F)C(F)(F)C(F)F.FC(F)=CC(F)(F)C(F)(F)C(F)(F)F.FC=C(F)C(F)(F)C(F)(F)C(F)(F)F. The van der Waals surface area contributed by atoms with Gasteiger partial charge in [0, 0.05) is 0 Å². The Kier molecular flexibility index (Phi) is 20.3. The lowest BCUT2D eigenvalue weighted by atomic mass is 10.1. The highest BCUT2D eigenvalue weighted by Gasteiger charge is 2.75. The van der Waals surface area contributed by atoms with E-state index in [0.29, 0.717) is 0 Å². The highest BCUT2D eigenvalue weighted by Crippen LogP contribution is 2.51. The smallest absolute Gasteiger partial charge is 0.212 e. The summed E-state index contributed by atoms with van der Waals surface area (Å²) >= 11 is 0. The molecule has 0 aliphatic carbocycles. The second-order valence-corrected chi connectivity index (χ2v) is 8.34. The van der Waals surface area contributed by atoms with Crippen LogP contribution in [0.5, 0.6) is 0 Å². The summed E-state index contributed by atoms with van der Waals surface area (Å²) in [5.74, 6) is -58.6. The minimum atomic E-state index is -6.67. The van der Waals surface area contributed by atoms with Gasteiger partial charge in [-0.15, -0.1) is 0 Å². The van der Waals surface area contributed by atoms with Gasteiger partial charge in [0.1, 0.15) is 6.33 Å². The van der Waals surface area contributed by atoms with Gasteiger partial charge >= 0.3 is 72.5 Å². The molecule has 0 aliphatic heterocycles. The van der Waals surface area contributed by atoms with Crippen molar-refractivity contribution in [2.24, 2.45) is 0 Å². The van der Waals surface area contributed by atoms with Crippen LogP contribution in [-0.4, -0.2) is 72.8 Å². The highest BCUT2D eigenvalue weighted by atomic mass is 19.4. The molecular formula is C20H4F36. The van der Waals surface area contributed by atoms with Gasteiger partial charge < -0.3 is 0 Å². The summed E-state index contributed by atoms with van der Waals surface area (Å²) in [6.45, 7) is 0. The number of alkyl halides is 27. The van der Waals surface area contributed by atoms with E-state index in [1.807, 2.05) is 0 Å². The molecule has 56 heavy (non-hydrogen) atoms. The van der Waals surface area contributed by atoms with Crippen LogP contribution in [0.2, 0.25) is 0 Å². The Morgan fingerprint density at radius 3 is 0.964 bits per heavy atom. The van der Waals surface area contributed by atoms with Gasteiger partial charge in [0.15, 0.2) is 0 Å².